The Morgan fingerprint density at radius 1 is 1.47 bits per heavy atom. The van der Waals surface area contributed by atoms with Crippen LogP contribution in [0.5, 0.6) is 5.75 Å². The van der Waals surface area contributed by atoms with Crippen LogP contribution >= 0.6 is 0 Å². The lowest BCUT2D eigenvalue weighted by Crippen LogP contribution is -2.69. The third-order valence-electron chi connectivity index (χ3n) is 3.86. The molecule has 0 bridgehead atoms. The maximum absolute atomic E-state index is 11.0. The van der Waals surface area contributed by atoms with Gasteiger partial charge in [0.25, 0.3) is 0 Å². The van der Waals surface area contributed by atoms with Gasteiger partial charge in [0.05, 0.1) is 18.6 Å². The van der Waals surface area contributed by atoms with E-state index in [1.807, 2.05) is 24.3 Å². The lowest BCUT2D eigenvalue weighted by molar-refractivity contribution is -0.139. The summed E-state index contributed by atoms with van der Waals surface area (Å²) < 4.78 is 5.63. The molecule has 0 saturated carbocycles. The minimum Gasteiger partial charge on any atom is -0.493 e. The van der Waals surface area contributed by atoms with Crippen molar-refractivity contribution < 1.29 is 14.6 Å². The van der Waals surface area contributed by atoms with E-state index in [1.54, 1.807) is 0 Å². The van der Waals surface area contributed by atoms with Crippen molar-refractivity contribution in [3.05, 3.63) is 29.8 Å². The molecule has 5 heteroatoms. The molecule has 1 unspecified atom stereocenters. The third kappa shape index (κ3) is 2.43. The van der Waals surface area contributed by atoms with E-state index in [1.165, 1.54) is 0 Å². The first kappa shape index (κ1) is 12.4. The largest absolute Gasteiger partial charge is 0.493 e. The summed E-state index contributed by atoms with van der Waals surface area (Å²) in [7, 11) is 0. The molecule has 1 atom stereocenters. The zero-order chi connectivity index (χ0) is 13.3. The highest BCUT2D eigenvalue weighted by Crippen LogP contribution is 2.34. The van der Waals surface area contributed by atoms with Crippen LogP contribution in [0.3, 0.4) is 0 Å². The molecule has 0 aromatic heterocycles. The van der Waals surface area contributed by atoms with Crippen molar-refractivity contribution in [2.75, 3.05) is 19.7 Å². The van der Waals surface area contributed by atoms with E-state index in [2.05, 4.69) is 10.6 Å². The molecule has 2 aliphatic heterocycles. The van der Waals surface area contributed by atoms with E-state index in [-0.39, 0.29) is 18.0 Å². The number of hydrogen-bond acceptors (Lipinski definition) is 4. The van der Waals surface area contributed by atoms with Crippen molar-refractivity contribution in [1.29, 1.82) is 0 Å². The fraction of sp³-hybridized carbons (Fsp3) is 0.500. The molecular formula is C14H18N2O3. The summed E-state index contributed by atoms with van der Waals surface area (Å²) >= 11 is 0. The molecular weight excluding hydrogens is 244 g/mol. The minimum atomic E-state index is -0.755. The summed E-state index contributed by atoms with van der Waals surface area (Å²) in [5.41, 5.74) is 0.812. The molecule has 1 aromatic rings. The Morgan fingerprint density at radius 2 is 2.26 bits per heavy atom. The van der Waals surface area contributed by atoms with Crippen molar-refractivity contribution in [2.24, 2.45) is 0 Å². The number of nitrogens with one attached hydrogen (secondary N) is 2. The van der Waals surface area contributed by atoms with Crippen LogP contribution in [-0.2, 0) is 4.79 Å². The van der Waals surface area contributed by atoms with Crippen LogP contribution in [0.4, 0.5) is 0 Å². The van der Waals surface area contributed by atoms with Gasteiger partial charge in [0.2, 0.25) is 0 Å². The smallest absolute Gasteiger partial charge is 0.305 e. The molecule has 1 fully saturated rings. The predicted molar refractivity (Wildman–Crippen MR) is 70.3 cm³/mol. The second-order valence-corrected chi connectivity index (χ2v) is 5.33. The summed E-state index contributed by atoms with van der Waals surface area (Å²) in [6, 6.07) is 8.13. The Hall–Kier alpha value is -1.59. The summed E-state index contributed by atoms with van der Waals surface area (Å²) in [5, 5.41) is 15.7. The first-order chi connectivity index (χ1) is 9.19. The van der Waals surface area contributed by atoms with Gasteiger partial charge >= 0.3 is 5.97 Å². The Labute approximate surface area is 112 Å². The highest BCUT2D eigenvalue weighted by atomic mass is 16.5. The number of aliphatic carboxylic acids is 1. The van der Waals surface area contributed by atoms with Crippen LogP contribution in [0, 0.1) is 0 Å². The topological polar surface area (TPSA) is 70.6 Å². The van der Waals surface area contributed by atoms with Gasteiger partial charge in [-0.2, -0.15) is 0 Å². The Bertz CT molecular complexity index is 485. The van der Waals surface area contributed by atoms with E-state index >= 15 is 0 Å². The fourth-order valence-corrected chi connectivity index (χ4v) is 2.86. The molecule has 2 heterocycles. The summed E-state index contributed by atoms with van der Waals surface area (Å²) in [5.74, 6) is 0.151. The van der Waals surface area contributed by atoms with Crippen molar-refractivity contribution in [1.82, 2.24) is 10.6 Å². The van der Waals surface area contributed by atoms with Crippen LogP contribution in [0.1, 0.15) is 24.4 Å². The van der Waals surface area contributed by atoms with Gasteiger partial charge in [-0.3, -0.25) is 4.79 Å². The van der Waals surface area contributed by atoms with Gasteiger partial charge in [-0.15, -0.1) is 0 Å². The van der Waals surface area contributed by atoms with E-state index in [9.17, 15) is 4.79 Å². The molecule has 3 N–H and O–H groups in total. The first-order valence-corrected chi connectivity index (χ1v) is 6.60. The van der Waals surface area contributed by atoms with Gasteiger partial charge in [0.15, 0.2) is 0 Å². The van der Waals surface area contributed by atoms with Gasteiger partial charge in [0, 0.05) is 31.1 Å². The third-order valence-corrected chi connectivity index (χ3v) is 3.86. The maximum Gasteiger partial charge on any atom is 0.305 e. The molecule has 1 aromatic carbocycles. The first-order valence-electron chi connectivity index (χ1n) is 6.60. The van der Waals surface area contributed by atoms with Crippen molar-refractivity contribution in [2.45, 2.75) is 24.4 Å². The molecule has 0 aliphatic carbocycles. The molecule has 19 heavy (non-hydrogen) atoms. The number of carboxylic acids is 1. The Morgan fingerprint density at radius 3 is 2.95 bits per heavy atom. The molecule has 0 radical (unpaired) electrons. The van der Waals surface area contributed by atoms with Crippen LogP contribution in [0.2, 0.25) is 0 Å². The van der Waals surface area contributed by atoms with Crippen LogP contribution in [0.25, 0.3) is 0 Å². The summed E-state index contributed by atoms with van der Waals surface area (Å²) in [6.07, 6.45) is 1.03. The average Bonchev–Trinajstić information content (AvgIpc) is 2.36. The molecule has 2 aliphatic rings. The van der Waals surface area contributed by atoms with Crippen LogP contribution < -0.4 is 15.4 Å². The van der Waals surface area contributed by atoms with Gasteiger partial charge in [-0.05, 0) is 6.07 Å². The number of fused-ring (bicyclic) bond motifs is 1. The number of rotatable bonds is 4. The van der Waals surface area contributed by atoms with Gasteiger partial charge < -0.3 is 20.5 Å². The number of carbonyl (C=O) groups is 1. The monoisotopic (exact) mass is 262 g/mol. The Kier molecular flexibility index (Phi) is 3.16. The lowest BCUT2D eigenvalue weighted by Gasteiger charge is -2.45. The normalized spacial score (nSPS) is 23.9. The average molecular weight is 262 g/mol. The Balaban J connectivity index is 1.78. The number of ether oxygens (including phenoxy) is 1. The van der Waals surface area contributed by atoms with E-state index < -0.39 is 5.97 Å². The van der Waals surface area contributed by atoms with Crippen molar-refractivity contribution in [3.8, 4) is 5.75 Å². The summed E-state index contributed by atoms with van der Waals surface area (Å²) in [4.78, 5) is 11.0. The quantitative estimate of drug-likeness (QED) is 0.752. The zero-order valence-electron chi connectivity index (χ0n) is 10.7. The second-order valence-electron chi connectivity index (χ2n) is 5.33. The molecule has 102 valence electrons. The lowest BCUT2D eigenvalue weighted by atomic mass is 9.86. The molecule has 1 saturated heterocycles. The number of carboxylic acid groups (broad SMARTS) is 1. The minimum absolute atomic E-state index is 0.152. The second kappa shape index (κ2) is 4.83. The highest BCUT2D eigenvalue weighted by molar-refractivity contribution is 5.69. The SMILES string of the molecule is O=C(O)CC1(NC2CCOc3ccccc32)CNC1. The summed E-state index contributed by atoms with van der Waals surface area (Å²) in [6.45, 7) is 2.09. The maximum atomic E-state index is 11.0. The number of hydrogen-bond donors (Lipinski definition) is 3. The van der Waals surface area contributed by atoms with Gasteiger partial charge in [0.1, 0.15) is 5.75 Å². The fourth-order valence-electron chi connectivity index (χ4n) is 2.86. The highest BCUT2D eigenvalue weighted by Gasteiger charge is 2.41. The van der Waals surface area contributed by atoms with Crippen LogP contribution in [0.15, 0.2) is 24.3 Å². The number of benzene rings is 1. The predicted octanol–water partition coefficient (Wildman–Crippen LogP) is 0.917. The van der Waals surface area contributed by atoms with E-state index in [0.29, 0.717) is 19.7 Å². The van der Waals surface area contributed by atoms with Crippen molar-refractivity contribution >= 4 is 5.97 Å². The molecule has 3 rings (SSSR count). The molecule has 0 spiro atoms. The zero-order valence-corrected chi connectivity index (χ0v) is 10.7. The van der Waals surface area contributed by atoms with E-state index in [0.717, 1.165) is 17.7 Å². The molecule has 0 amide bonds. The van der Waals surface area contributed by atoms with E-state index in [4.69, 9.17) is 9.84 Å². The van der Waals surface area contributed by atoms with Crippen LogP contribution in [-0.4, -0.2) is 36.3 Å². The standard InChI is InChI=1S/C14H18N2O3/c17-13(18)7-14(8-15-9-14)16-11-5-6-19-12-4-2-1-3-10(11)12/h1-4,11,15-16H,5-9H2,(H,17,18). The van der Waals surface area contributed by atoms with Gasteiger partial charge in [-0.25, -0.2) is 0 Å². The molecule has 5 nitrogen and oxygen atoms in total. The van der Waals surface area contributed by atoms with Gasteiger partial charge in [-0.1, -0.05) is 18.2 Å². The number of para-hydroxylation sites is 1. The van der Waals surface area contributed by atoms with Crippen molar-refractivity contribution in [3.63, 3.8) is 0 Å².